The summed E-state index contributed by atoms with van der Waals surface area (Å²) in [5.74, 6) is 0.920. The van der Waals surface area contributed by atoms with Crippen molar-refractivity contribution in [2.75, 3.05) is 19.0 Å². The maximum Gasteiger partial charge on any atom is 0.262 e. The van der Waals surface area contributed by atoms with Crippen molar-refractivity contribution in [3.8, 4) is 17.2 Å². The maximum absolute atomic E-state index is 12.2. The Balaban J connectivity index is 1.45. The van der Waals surface area contributed by atoms with E-state index in [1.54, 1.807) is 49.6 Å². The second-order valence-corrected chi connectivity index (χ2v) is 6.57. The molecule has 3 aromatic carbocycles. The number of para-hydroxylation sites is 1. The largest absolute Gasteiger partial charge is 0.497 e. The molecule has 0 saturated carbocycles. The fourth-order valence-corrected chi connectivity index (χ4v) is 2.92. The lowest BCUT2D eigenvalue weighted by Gasteiger charge is -2.08. The lowest BCUT2D eigenvalue weighted by atomic mass is 10.3. The summed E-state index contributed by atoms with van der Waals surface area (Å²) in [6.07, 6.45) is 0. The van der Waals surface area contributed by atoms with E-state index in [0.29, 0.717) is 27.5 Å². The minimum atomic E-state index is -0.299. The number of amides is 1. The van der Waals surface area contributed by atoms with Gasteiger partial charge in [0.15, 0.2) is 6.61 Å². The third kappa shape index (κ3) is 4.30. The predicted molar refractivity (Wildman–Crippen MR) is 111 cm³/mol. The van der Waals surface area contributed by atoms with Gasteiger partial charge in [-0.3, -0.25) is 4.79 Å². The van der Waals surface area contributed by atoms with Gasteiger partial charge in [0.2, 0.25) is 0 Å². The lowest BCUT2D eigenvalue weighted by molar-refractivity contribution is -0.118. The van der Waals surface area contributed by atoms with Gasteiger partial charge in [-0.2, -0.15) is 4.80 Å². The Morgan fingerprint density at radius 3 is 2.55 bits per heavy atom. The van der Waals surface area contributed by atoms with Crippen LogP contribution in [0, 0.1) is 0 Å². The summed E-state index contributed by atoms with van der Waals surface area (Å²) in [5, 5.41) is 12.2. The molecule has 0 radical (unpaired) electrons. The van der Waals surface area contributed by atoms with Crippen LogP contribution in [0.4, 0.5) is 5.69 Å². The number of methoxy groups -OCH3 is 1. The minimum absolute atomic E-state index is 0.152. The number of halogens is 1. The van der Waals surface area contributed by atoms with E-state index in [0.717, 1.165) is 11.4 Å². The summed E-state index contributed by atoms with van der Waals surface area (Å²) in [7, 11) is 1.62. The van der Waals surface area contributed by atoms with Crippen LogP contribution >= 0.6 is 11.6 Å². The zero-order valence-electron chi connectivity index (χ0n) is 15.5. The molecule has 8 heteroatoms. The van der Waals surface area contributed by atoms with Crippen molar-refractivity contribution in [3.05, 3.63) is 71.8 Å². The van der Waals surface area contributed by atoms with Crippen LogP contribution in [0.15, 0.2) is 66.7 Å². The van der Waals surface area contributed by atoms with Gasteiger partial charge in [-0.1, -0.05) is 23.7 Å². The number of nitrogens with zero attached hydrogens (tertiary/aromatic N) is 3. The molecule has 0 aliphatic rings. The van der Waals surface area contributed by atoms with E-state index in [1.165, 1.54) is 4.80 Å². The third-order valence-corrected chi connectivity index (χ3v) is 4.48. The van der Waals surface area contributed by atoms with Crippen molar-refractivity contribution in [1.29, 1.82) is 0 Å². The number of ether oxygens (including phenoxy) is 2. The summed E-state index contributed by atoms with van der Waals surface area (Å²) in [6, 6.07) is 19.7. The van der Waals surface area contributed by atoms with Crippen LogP contribution in [0.2, 0.25) is 5.02 Å². The SMILES string of the molecule is COc1ccc(-n2nc3ccc(NC(=O)COc4ccccc4Cl)cc3n2)cc1. The Morgan fingerprint density at radius 2 is 1.79 bits per heavy atom. The molecule has 0 aliphatic heterocycles. The number of hydrogen-bond donors (Lipinski definition) is 1. The normalized spacial score (nSPS) is 10.7. The van der Waals surface area contributed by atoms with Gasteiger partial charge >= 0.3 is 0 Å². The van der Waals surface area contributed by atoms with E-state index in [-0.39, 0.29) is 12.5 Å². The highest BCUT2D eigenvalue weighted by Gasteiger charge is 2.09. The highest BCUT2D eigenvalue weighted by molar-refractivity contribution is 6.32. The Hall–Kier alpha value is -3.58. The van der Waals surface area contributed by atoms with Gasteiger partial charge in [-0.15, -0.1) is 10.2 Å². The van der Waals surface area contributed by atoms with Crippen molar-refractivity contribution in [1.82, 2.24) is 15.0 Å². The maximum atomic E-state index is 12.2. The van der Waals surface area contributed by atoms with E-state index in [1.807, 2.05) is 24.3 Å². The number of carbonyl (C=O) groups is 1. The lowest BCUT2D eigenvalue weighted by Crippen LogP contribution is -2.20. The first-order chi connectivity index (χ1) is 14.1. The van der Waals surface area contributed by atoms with Gasteiger partial charge in [0.25, 0.3) is 5.91 Å². The van der Waals surface area contributed by atoms with E-state index < -0.39 is 0 Å². The minimum Gasteiger partial charge on any atom is -0.497 e. The number of anilines is 1. The average molecular weight is 409 g/mol. The van der Waals surface area contributed by atoms with Crippen LogP contribution in [0.5, 0.6) is 11.5 Å². The van der Waals surface area contributed by atoms with Gasteiger partial charge in [-0.25, -0.2) is 0 Å². The molecule has 0 unspecified atom stereocenters. The number of hydrogen-bond acceptors (Lipinski definition) is 5. The van der Waals surface area contributed by atoms with E-state index in [2.05, 4.69) is 15.5 Å². The van der Waals surface area contributed by atoms with Crippen molar-refractivity contribution in [3.63, 3.8) is 0 Å². The number of fused-ring (bicyclic) bond motifs is 1. The number of carbonyl (C=O) groups excluding carboxylic acids is 1. The Bertz CT molecular complexity index is 1160. The highest BCUT2D eigenvalue weighted by Crippen LogP contribution is 2.23. The molecule has 1 N–H and O–H groups in total. The molecule has 4 aromatic rings. The molecule has 0 atom stereocenters. The zero-order valence-corrected chi connectivity index (χ0v) is 16.3. The number of aromatic nitrogens is 3. The second kappa shape index (κ2) is 8.20. The van der Waals surface area contributed by atoms with Crippen LogP contribution in [0.3, 0.4) is 0 Å². The summed E-state index contributed by atoms with van der Waals surface area (Å²) in [6.45, 7) is -0.152. The van der Waals surface area contributed by atoms with E-state index >= 15 is 0 Å². The van der Waals surface area contributed by atoms with Gasteiger partial charge in [0.1, 0.15) is 22.5 Å². The van der Waals surface area contributed by atoms with Crippen molar-refractivity contribution in [2.24, 2.45) is 0 Å². The predicted octanol–water partition coefficient (Wildman–Crippen LogP) is 4.10. The van der Waals surface area contributed by atoms with Crippen molar-refractivity contribution >= 4 is 34.2 Å². The number of nitrogens with one attached hydrogen (secondary N) is 1. The van der Waals surface area contributed by atoms with Crippen molar-refractivity contribution < 1.29 is 14.3 Å². The quantitative estimate of drug-likeness (QED) is 0.519. The zero-order chi connectivity index (χ0) is 20.2. The Morgan fingerprint density at radius 1 is 1.03 bits per heavy atom. The molecule has 1 aromatic heterocycles. The van der Waals surface area contributed by atoms with Crippen molar-refractivity contribution in [2.45, 2.75) is 0 Å². The molecule has 0 fully saturated rings. The first-order valence-corrected chi connectivity index (χ1v) is 9.19. The smallest absolute Gasteiger partial charge is 0.262 e. The van der Waals surface area contributed by atoms with E-state index in [4.69, 9.17) is 21.1 Å². The molecule has 4 rings (SSSR count). The molecule has 146 valence electrons. The second-order valence-electron chi connectivity index (χ2n) is 6.16. The van der Waals surface area contributed by atoms with Gasteiger partial charge in [0.05, 0.1) is 17.8 Å². The fraction of sp³-hybridized carbons (Fsp3) is 0.0952. The van der Waals surface area contributed by atoms with Crippen LogP contribution in [0.1, 0.15) is 0 Å². The van der Waals surface area contributed by atoms with Crippen LogP contribution in [0.25, 0.3) is 16.7 Å². The van der Waals surface area contributed by atoms with Crippen LogP contribution in [-0.4, -0.2) is 34.6 Å². The standard InChI is InChI=1S/C21H17ClN4O3/c1-28-16-9-7-15(8-10-16)26-24-18-11-6-14(12-19(18)25-26)23-21(27)13-29-20-5-3-2-4-17(20)22/h2-12H,13H2,1H3,(H,23,27). The Labute approximate surface area is 171 Å². The molecule has 1 heterocycles. The molecule has 0 saturated heterocycles. The van der Waals surface area contributed by atoms with Gasteiger partial charge < -0.3 is 14.8 Å². The third-order valence-electron chi connectivity index (χ3n) is 4.16. The molecule has 1 amide bonds. The van der Waals surface area contributed by atoms with Gasteiger partial charge in [0, 0.05) is 5.69 Å². The summed E-state index contributed by atoms with van der Waals surface area (Å²) in [4.78, 5) is 13.7. The molecule has 0 aliphatic carbocycles. The van der Waals surface area contributed by atoms with Crippen LogP contribution in [-0.2, 0) is 4.79 Å². The van der Waals surface area contributed by atoms with E-state index in [9.17, 15) is 4.79 Å². The molecule has 29 heavy (non-hydrogen) atoms. The summed E-state index contributed by atoms with van der Waals surface area (Å²) < 4.78 is 10.6. The Kier molecular flexibility index (Phi) is 5.31. The first kappa shape index (κ1) is 18.8. The monoisotopic (exact) mass is 408 g/mol. The molecule has 0 bridgehead atoms. The molecular weight excluding hydrogens is 392 g/mol. The fourth-order valence-electron chi connectivity index (χ4n) is 2.73. The first-order valence-electron chi connectivity index (χ1n) is 8.81. The highest BCUT2D eigenvalue weighted by atomic mass is 35.5. The summed E-state index contributed by atoms with van der Waals surface area (Å²) >= 11 is 6.02. The molecule has 0 spiro atoms. The summed E-state index contributed by atoms with van der Waals surface area (Å²) in [5.41, 5.74) is 2.78. The number of rotatable bonds is 6. The average Bonchev–Trinajstić information content (AvgIpc) is 3.16. The topological polar surface area (TPSA) is 78.3 Å². The molecular formula is C21H17ClN4O3. The van der Waals surface area contributed by atoms with Gasteiger partial charge in [-0.05, 0) is 54.6 Å². The number of benzene rings is 3. The van der Waals surface area contributed by atoms with Crippen LogP contribution < -0.4 is 14.8 Å². The molecule has 7 nitrogen and oxygen atoms in total.